The molecule has 0 aliphatic heterocycles. The van der Waals surface area contributed by atoms with E-state index >= 15 is 0 Å². The summed E-state index contributed by atoms with van der Waals surface area (Å²) < 4.78 is 5.24. The monoisotopic (exact) mass is 226 g/mol. The molecule has 0 amide bonds. The number of rotatable bonds is 4. The number of ketones is 1. The number of carbonyl (C=O) groups excluding carboxylic acids is 1. The van der Waals surface area contributed by atoms with Crippen LogP contribution >= 0.6 is 11.6 Å². The molecule has 0 aromatic carbocycles. The third-order valence-corrected chi connectivity index (χ3v) is 3.47. The Hall–Kier alpha value is -0.760. The van der Waals surface area contributed by atoms with Crippen LogP contribution < -0.4 is 0 Å². The van der Waals surface area contributed by atoms with Crippen LogP contribution in [0.2, 0.25) is 0 Å². The third-order valence-electron chi connectivity index (χ3n) is 3.04. The predicted molar refractivity (Wildman–Crippen MR) is 59.0 cm³/mol. The number of Topliss-reactive ketones (excluding diaryl/α,β-unsaturated/α-hetero) is 1. The van der Waals surface area contributed by atoms with Gasteiger partial charge in [0.15, 0.2) is 5.78 Å². The van der Waals surface area contributed by atoms with Crippen LogP contribution in [0.4, 0.5) is 0 Å². The summed E-state index contributed by atoms with van der Waals surface area (Å²) in [6.07, 6.45) is 6.38. The first kappa shape index (κ1) is 10.7. The molecule has 2 unspecified atom stereocenters. The summed E-state index contributed by atoms with van der Waals surface area (Å²) in [6, 6.07) is 3.87. The fourth-order valence-corrected chi connectivity index (χ4v) is 2.46. The molecule has 82 valence electrons. The minimum absolute atomic E-state index is 0.197. The van der Waals surface area contributed by atoms with Gasteiger partial charge in [0.1, 0.15) is 5.76 Å². The summed E-state index contributed by atoms with van der Waals surface area (Å²) in [5.41, 5.74) is 0. The van der Waals surface area contributed by atoms with Crippen molar-refractivity contribution in [3.05, 3.63) is 24.2 Å². The van der Waals surface area contributed by atoms with Gasteiger partial charge in [-0.1, -0.05) is 0 Å². The maximum Gasteiger partial charge on any atom is 0.153 e. The molecule has 0 radical (unpaired) electrons. The van der Waals surface area contributed by atoms with Gasteiger partial charge in [0.05, 0.1) is 11.6 Å². The minimum atomic E-state index is -0.224. The van der Waals surface area contributed by atoms with E-state index in [4.69, 9.17) is 16.0 Å². The first-order valence-electron chi connectivity index (χ1n) is 5.47. The molecule has 0 bridgehead atoms. The topological polar surface area (TPSA) is 30.2 Å². The van der Waals surface area contributed by atoms with E-state index in [1.807, 2.05) is 12.1 Å². The second kappa shape index (κ2) is 4.84. The van der Waals surface area contributed by atoms with E-state index in [1.165, 1.54) is 0 Å². The maximum atomic E-state index is 11.5. The van der Waals surface area contributed by atoms with E-state index in [2.05, 4.69) is 0 Å². The van der Waals surface area contributed by atoms with Crippen molar-refractivity contribution in [1.29, 1.82) is 0 Å². The van der Waals surface area contributed by atoms with Crippen molar-refractivity contribution in [3.8, 4) is 0 Å². The van der Waals surface area contributed by atoms with Gasteiger partial charge in [-0.05, 0) is 37.8 Å². The van der Waals surface area contributed by atoms with Crippen molar-refractivity contribution in [2.24, 2.45) is 5.92 Å². The number of hydrogen-bond donors (Lipinski definition) is 0. The Labute approximate surface area is 94.6 Å². The number of aryl methyl sites for hydroxylation is 1. The van der Waals surface area contributed by atoms with Gasteiger partial charge in [0.2, 0.25) is 0 Å². The first-order valence-corrected chi connectivity index (χ1v) is 5.91. The third kappa shape index (κ3) is 2.63. The average molecular weight is 227 g/mol. The lowest BCUT2D eigenvalue weighted by atomic mass is 9.99. The SMILES string of the molecule is O=C1C(Cl)CCC1CCCc1ccco1. The summed E-state index contributed by atoms with van der Waals surface area (Å²) in [5.74, 6) is 1.45. The highest BCUT2D eigenvalue weighted by Gasteiger charge is 2.31. The molecule has 1 aromatic rings. The zero-order valence-electron chi connectivity index (χ0n) is 8.62. The van der Waals surface area contributed by atoms with Crippen LogP contribution in [0.25, 0.3) is 0 Å². The van der Waals surface area contributed by atoms with Gasteiger partial charge in [-0.15, -0.1) is 11.6 Å². The Kier molecular flexibility index (Phi) is 3.47. The highest BCUT2D eigenvalue weighted by molar-refractivity contribution is 6.32. The van der Waals surface area contributed by atoms with Crippen molar-refractivity contribution in [3.63, 3.8) is 0 Å². The second-order valence-corrected chi connectivity index (χ2v) is 4.64. The molecule has 1 aromatic heterocycles. The van der Waals surface area contributed by atoms with Crippen LogP contribution in [0.1, 0.15) is 31.4 Å². The molecule has 1 aliphatic rings. The van der Waals surface area contributed by atoms with Crippen LogP contribution in [0, 0.1) is 5.92 Å². The fraction of sp³-hybridized carbons (Fsp3) is 0.583. The van der Waals surface area contributed by atoms with E-state index in [0.717, 1.165) is 37.9 Å². The lowest BCUT2D eigenvalue weighted by molar-refractivity contribution is -0.120. The van der Waals surface area contributed by atoms with Gasteiger partial charge < -0.3 is 4.42 Å². The maximum absolute atomic E-state index is 11.5. The molecule has 2 nitrogen and oxygen atoms in total. The summed E-state index contributed by atoms with van der Waals surface area (Å²) in [4.78, 5) is 11.5. The summed E-state index contributed by atoms with van der Waals surface area (Å²) in [6.45, 7) is 0. The van der Waals surface area contributed by atoms with Gasteiger partial charge in [0, 0.05) is 12.3 Å². The molecular weight excluding hydrogens is 212 g/mol. The molecule has 1 fully saturated rings. The van der Waals surface area contributed by atoms with E-state index in [0.29, 0.717) is 0 Å². The van der Waals surface area contributed by atoms with Crippen LogP contribution in [-0.2, 0) is 11.2 Å². The van der Waals surface area contributed by atoms with Crippen molar-refractivity contribution in [2.45, 2.75) is 37.5 Å². The van der Waals surface area contributed by atoms with Crippen molar-refractivity contribution >= 4 is 17.4 Å². The highest BCUT2D eigenvalue weighted by Crippen LogP contribution is 2.29. The Morgan fingerprint density at radius 2 is 2.33 bits per heavy atom. The normalized spacial score (nSPS) is 26.1. The second-order valence-electron chi connectivity index (χ2n) is 4.12. The first-order chi connectivity index (χ1) is 7.27. The molecule has 0 saturated heterocycles. The van der Waals surface area contributed by atoms with Gasteiger partial charge in [-0.25, -0.2) is 0 Å². The molecule has 0 spiro atoms. The summed E-state index contributed by atoms with van der Waals surface area (Å²) in [7, 11) is 0. The highest BCUT2D eigenvalue weighted by atomic mass is 35.5. The Balaban J connectivity index is 1.73. The Morgan fingerprint density at radius 1 is 1.47 bits per heavy atom. The molecule has 3 heteroatoms. The van der Waals surface area contributed by atoms with E-state index in [-0.39, 0.29) is 17.1 Å². The number of alkyl halides is 1. The lowest BCUT2D eigenvalue weighted by Gasteiger charge is -2.06. The zero-order chi connectivity index (χ0) is 10.7. The van der Waals surface area contributed by atoms with Crippen LogP contribution in [0.15, 0.2) is 22.8 Å². The van der Waals surface area contributed by atoms with Gasteiger partial charge in [-0.3, -0.25) is 4.79 Å². The Morgan fingerprint density at radius 3 is 2.93 bits per heavy atom. The zero-order valence-corrected chi connectivity index (χ0v) is 9.37. The largest absolute Gasteiger partial charge is 0.469 e. The summed E-state index contributed by atoms with van der Waals surface area (Å²) in [5, 5.41) is -0.224. The smallest absolute Gasteiger partial charge is 0.153 e. The molecule has 1 aliphatic carbocycles. The molecule has 1 heterocycles. The fourth-order valence-electron chi connectivity index (χ4n) is 2.15. The van der Waals surface area contributed by atoms with Gasteiger partial charge in [0.25, 0.3) is 0 Å². The molecule has 2 rings (SSSR count). The average Bonchev–Trinajstić information content (AvgIpc) is 2.83. The lowest BCUT2D eigenvalue weighted by Crippen LogP contribution is -2.13. The van der Waals surface area contributed by atoms with Crippen LogP contribution in [0.3, 0.4) is 0 Å². The quantitative estimate of drug-likeness (QED) is 0.739. The molecule has 15 heavy (non-hydrogen) atoms. The Bertz CT molecular complexity index is 318. The van der Waals surface area contributed by atoms with E-state index in [1.54, 1.807) is 6.26 Å². The van der Waals surface area contributed by atoms with E-state index < -0.39 is 0 Å². The van der Waals surface area contributed by atoms with Crippen molar-refractivity contribution in [1.82, 2.24) is 0 Å². The molecule has 1 saturated carbocycles. The molecule has 0 N–H and O–H groups in total. The summed E-state index contributed by atoms with van der Waals surface area (Å²) >= 11 is 5.87. The number of furan rings is 1. The van der Waals surface area contributed by atoms with Gasteiger partial charge >= 0.3 is 0 Å². The van der Waals surface area contributed by atoms with E-state index in [9.17, 15) is 4.79 Å². The van der Waals surface area contributed by atoms with Crippen LogP contribution in [0.5, 0.6) is 0 Å². The van der Waals surface area contributed by atoms with Crippen molar-refractivity contribution < 1.29 is 9.21 Å². The number of halogens is 1. The van der Waals surface area contributed by atoms with Crippen molar-refractivity contribution in [2.75, 3.05) is 0 Å². The predicted octanol–water partition coefficient (Wildman–Crippen LogP) is 3.19. The standard InChI is InChI=1S/C12H15ClO2/c13-11-7-6-9(12(11)14)3-1-4-10-5-2-8-15-10/h2,5,8-9,11H,1,3-4,6-7H2. The number of hydrogen-bond acceptors (Lipinski definition) is 2. The van der Waals surface area contributed by atoms with Crippen LogP contribution in [-0.4, -0.2) is 11.2 Å². The van der Waals surface area contributed by atoms with Gasteiger partial charge in [-0.2, -0.15) is 0 Å². The molecular formula is C12H15ClO2. The minimum Gasteiger partial charge on any atom is -0.469 e. The molecule has 2 atom stereocenters. The number of carbonyl (C=O) groups is 1.